The molecule has 0 spiro atoms. The Labute approximate surface area is 105 Å². The molecule has 1 aliphatic rings. The molecule has 1 aromatic rings. The minimum absolute atomic E-state index is 0.0929. The number of hydrogen-bond acceptors (Lipinski definition) is 3. The number of carboxylic acids is 1. The third-order valence-corrected chi connectivity index (χ3v) is 2.95. The van der Waals surface area contributed by atoms with Crippen LogP contribution in [0.25, 0.3) is 0 Å². The van der Waals surface area contributed by atoms with Crippen molar-refractivity contribution in [3.63, 3.8) is 0 Å². The fraction of sp³-hybridized carbons (Fsp3) is 0.231. The first-order valence-corrected chi connectivity index (χ1v) is 5.62. The summed E-state index contributed by atoms with van der Waals surface area (Å²) in [5, 5.41) is 14.7. The van der Waals surface area contributed by atoms with Gasteiger partial charge in [-0.1, -0.05) is 12.1 Å². The summed E-state index contributed by atoms with van der Waals surface area (Å²) in [6.45, 7) is 3.19. The predicted molar refractivity (Wildman–Crippen MR) is 67.6 cm³/mol. The number of hydrogen-bond donors (Lipinski definition) is 3. The highest BCUT2D eigenvalue weighted by Gasteiger charge is 2.17. The minimum atomic E-state index is -1.05. The summed E-state index contributed by atoms with van der Waals surface area (Å²) in [7, 11) is 0. The van der Waals surface area contributed by atoms with E-state index in [1.54, 1.807) is 25.1 Å². The standard InChI is InChI=1S/C13H14N2O3/c1-8(9-6-14-7-9)12(16)15-11-5-3-2-4-10(11)13(17)18/h2-5,14H,6-7H2,1H3,(H,15,16)(H,17,18). The SMILES string of the molecule is CC(C(=O)Nc1ccccc1C(=O)O)=C1CNC1. The van der Waals surface area contributed by atoms with E-state index in [-0.39, 0.29) is 11.5 Å². The molecule has 94 valence electrons. The maximum atomic E-state index is 11.9. The molecule has 0 bridgehead atoms. The lowest BCUT2D eigenvalue weighted by Gasteiger charge is -2.21. The summed E-state index contributed by atoms with van der Waals surface area (Å²) >= 11 is 0. The number of amides is 1. The van der Waals surface area contributed by atoms with E-state index in [2.05, 4.69) is 10.6 Å². The second kappa shape index (κ2) is 5.01. The highest BCUT2D eigenvalue weighted by molar-refractivity contribution is 6.07. The lowest BCUT2D eigenvalue weighted by Crippen LogP contribution is -2.36. The van der Waals surface area contributed by atoms with E-state index in [0.717, 1.165) is 18.7 Å². The minimum Gasteiger partial charge on any atom is -0.478 e. The van der Waals surface area contributed by atoms with Crippen LogP contribution >= 0.6 is 0 Å². The molecule has 0 aliphatic carbocycles. The average molecular weight is 246 g/mol. The van der Waals surface area contributed by atoms with Crippen molar-refractivity contribution in [3.8, 4) is 0 Å². The van der Waals surface area contributed by atoms with E-state index in [1.807, 2.05) is 0 Å². The quantitative estimate of drug-likeness (QED) is 0.701. The molecule has 3 N–H and O–H groups in total. The van der Waals surface area contributed by atoms with Crippen LogP contribution in [0.4, 0.5) is 5.69 Å². The molecule has 5 heteroatoms. The van der Waals surface area contributed by atoms with Crippen molar-refractivity contribution in [3.05, 3.63) is 41.0 Å². The van der Waals surface area contributed by atoms with Gasteiger partial charge in [0, 0.05) is 18.7 Å². The first-order valence-electron chi connectivity index (χ1n) is 5.62. The van der Waals surface area contributed by atoms with Gasteiger partial charge in [-0.25, -0.2) is 4.79 Å². The molecule has 1 aliphatic heterocycles. The number of carbonyl (C=O) groups excluding carboxylic acids is 1. The van der Waals surface area contributed by atoms with Crippen LogP contribution in [0, 0.1) is 0 Å². The van der Waals surface area contributed by atoms with Crippen LogP contribution in [0.2, 0.25) is 0 Å². The molecule has 0 unspecified atom stereocenters. The number of rotatable bonds is 3. The van der Waals surface area contributed by atoms with Gasteiger partial charge in [-0.05, 0) is 24.6 Å². The van der Waals surface area contributed by atoms with Gasteiger partial charge in [-0.3, -0.25) is 4.79 Å². The molecule has 0 atom stereocenters. The van der Waals surface area contributed by atoms with Crippen molar-refractivity contribution >= 4 is 17.6 Å². The monoisotopic (exact) mass is 246 g/mol. The summed E-state index contributed by atoms with van der Waals surface area (Å²) in [6, 6.07) is 6.36. The second-order valence-corrected chi connectivity index (χ2v) is 4.14. The van der Waals surface area contributed by atoms with Gasteiger partial charge >= 0.3 is 5.97 Å². The maximum absolute atomic E-state index is 11.9. The molecule has 1 amide bonds. The third-order valence-electron chi connectivity index (χ3n) is 2.95. The van der Waals surface area contributed by atoms with Gasteiger partial charge in [0.1, 0.15) is 0 Å². The van der Waals surface area contributed by atoms with E-state index in [0.29, 0.717) is 11.3 Å². The van der Waals surface area contributed by atoms with Crippen LogP contribution in [-0.4, -0.2) is 30.1 Å². The molecule has 0 radical (unpaired) electrons. The van der Waals surface area contributed by atoms with Crippen LogP contribution in [0.1, 0.15) is 17.3 Å². The molecule has 1 fully saturated rings. The fourth-order valence-electron chi connectivity index (χ4n) is 1.67. The zero-order valence-electron chi connectivity index (χ0n) is 9.99. The molecular formula is C13H14N2O3. The number of benzene rings is 1. The number of carboxylic acid groups (broad SMARTS) is 1. The summed E-state index contributed by atoms with van der Waals surface area (Å²) in [6.07, 6.45) is 0. The topological polar surface area (TPSA) is 78.4 Å². The second-order valence-electron chi connectivity index (χ2n) is 4.14. The summed E-state index contributed by atoms with van der Waals surface area (Å²) in [5.74, 6) is -1.30. The Morgan fingerprint density at radius 1 is 1.28 bits per heavy atom. The Hall–Kier alpha value is -2.14. The van der Waals surface area contributed by atoms with Crippen molar-refractivity contribution in [1.82, 2.24) is 5.32 Å². The number of anilines is 1. The first kappa shape index (κ1) is 12.3. The first-order chi connectivity index (χ1) is 8.59. The smallest absolute Gasteiger partial charge is 0.337 e. The van der Waals surface area contributed by atoms with Gasteiger partial charge in [0.15, 0.2) is 0 Å². The largest absolute Gasteiger partial charge is 0.478 e. The highest BCUT2D eigenvalue weighted by atomic mass is 16.4. The lowest BCUT2D eigenvalue weighted by molar-refractivity contribution is -0.112. The molecular weight excluding hydrogens is 232 g/mol. The predicted octanol–water partition coefficient (Wildman–Crippen LogP) is 1.24. The van der Waals surface area contributed by atoms with Gasteiger partial charge in [0.2, 0.25) is 0 Å². The van der Waals surface area contributed by atoms with Gasteiger partial charge in [0.25, 0.3) is 5.91 Å². The highest BCUT2D eigenvalue weighted by Crippen LogP contribution is 2.17. The summed E-state index contributed by atoms with van der Waals surface area (Å²) in [5.41, 5.74) is 2.12. The molecule has 1 heterocycles. The Balaban J connectivity index is 2.19. The Morgan fingerprint density at radius 2 is 1.94 bits per heavy atom. The van der Waals surface area contributed by atoms with Gasteiger partial charge in [-0.15, -0.1) is 0 Å². The average Bonchev–Trinajstić information content (AvgIpc) is 2.27. The number of nitrogens with one attached hydrogen (secondary N) is 2. The van der Waals surface area contributed by atoms with E-state index >= 15 is 0 Å². The van der Waals surface area contributed by atoms with Gasteiger partial charge < -0.3 is 15.7 Å². The van der Waals surface area contributed by atoms with Crippen molar-refractivity contribution in [2.24, 2.45) is 0 Å². The third kappa shape index (κ3) is 2.41. The normalized spacial score (nSPS) is 13.7. The van der Waals surface area contributed by atoms with E-state index in [1.165, 1.54) is 6.07 Å². The molecule has 1 aromatic carbocycles. The van der Waals surface area contributed by atoms with Crippen molar-refractivity contribution < 1.29 is 14.7 Å². The van der Waals surface area contributed by atoms with Crippen molar-refractivity contribution in [2.45, 2.75) is 6.92 Å². The van der Waals surface area contributed by atoms with E-state index in [4.69, 9.17) is 5.11 Å². The molecule has 0 saturated carbocycles. The van der Waals surface area contributed by atoms with Crippen molar-refractivity contribution in [1.29, 1.82) is 0 Å². The molecule has 1 saturated heterocycles. The number of carbonyl (C=O) groups is 2. The Kier molecular flexibility index (Phi) is 3.43. The van der Waals surface area contributed by atoms with Crippen LogP contribution in [-0.2, 0) is 4.79 Å². The van der Waals surface area contributed by atoms with Crippen LogP contribution < -0.4 is 10.6 Å². The van der Waals surface area contributed by atoms with E-state index in [9.17, 15) is 9.59 Å². The maximum Gasteiger partial charge on any atom is 0.337 e. The molecule has 2 rings (SSSR count). The Morgan fingerprint density at radius 3 is 2.50 bits per heavy atom. The van der Waals surface area contributed by atoms with Gasteiger partial charge in [0.05, 0.1) is 11.3 Å². The van der Waals surface area contributed by atoms with Crippen LogP contribution in [0.15, 0.2) is 35.4 Å². The van der Waals surface area contributed by atoms with Crippen LogP contribution in [0.3, 0.4) is 0 Å². The summed E-state index contributed by atoms with van der Waals surface area (Å²) < 4.78 is 0. The zero-order valence-corrected chi connectivity index (χ0v) is 9.99. The lowest BCUT2D eigenvalue weighted by atomic mass is 10.0. The molecule has 0 aromatic heterocycles. The fourth-order valence-corrected chi connectivity index (χ4v) is 1.67. The Bertz CT molecular complexity index is 529. The summed E-state index contributed by atoms with van der Waals surface area (Å²) in [4.78, 5) is 22.9. The van der Waals surface area contributed by atoms with Crippen molar-refractivity contribution in [2.75, 3.05) is 18.4 Å². The van der Waals surface area contributed by atoms with Crippen LogP contribution in [0.5, 0.6) is 0 Å². The van der Waals surface area contributed by atoms with E-state index < -0.39 is 5.97 Å². The number of aromatic carboxylic acids is 1. The zero-order chi connectivity index (χ0) is 13.1. The number of para-hydroxylation sites is 1. The molecule has 5 nitrogen and oxygen atoms in total. The molecule has 18 heavy (non-hydrogen) atoms. The van der Waals surface area contributed by atoms with Gasteiger partial charge in [-0.2, -0.15) is 0 Å².